The number of carbonyl (C=O) groups excluding carboxylic acids is 1. The Bertz CT molecular complexity index is 425. The minimum Gasteiger partial charge on any atom is -0.465 e. The Morgan fingerprint density at radius 1 is 1.47 bits per heavy atom. The molecule has 5 heteroatoms. The van der Waals surface area contributed by atoms with Gasteiger partial charge < -0.3 is 9.64 Å². The maximum Gasteiger partial charge on any atom is 0.325 e. The Balaban J connectivity index is 2.66. The quantitative estimate of drug-likeness (QED) is 0.457. The molecule has 0 radical (unpaired) electrons. The molecule has 17 heavy (non-hydrogen) atoms. The first-order valence-corrected chi connectivity index (χ1v) is 5.63. The van der Waals surface area contributed by atoms with Crippen molar-refractivity contribution in [3.8, 4) is 0 Å². The topological polar surface area (TPSA) is 41.9 Å². The molecule has 1 rings (SSSR count). The zero-order valence-corrected chi connectivity index (χ0v) is 10.7. The van der Waals surface area contributed by atoms with E-state index < -0.39 is 0 Å². The number of nitrogens with zero attached hydrogens (tertiary/aromatic N) is 2. The number of benzene rings is 1. The lowest BCUT2D eigenvalue weighted by Crippen LogP contribution is -2.26. The molecule has 0 N–H and O–H groups in total. The van der Waals surface area contributed by atoms with Crippen LogP contribution in [0.4, 0.5) is 11.4 Å². The van der Waals surface area contributed by atoms with Gasteiger partial charge in [-0.2, -0.15) is 4.99 Å². The summed E-state index contributed by atoms with van der Waals surface area (Å²) in [6.45, 7) is 2.41. The fourth-order valence-electron chi connectivity index (χ4n) is 1.33. The summed E-state index contributed by atoms with van der Waals surface area (Å²) in [4.78, 5) is 17.0. The van der Waals surface area contributed by atoms with E-state index in [2.05, 4.69) is 22.4 Å². The second-order valence-corrected chi connectivity index (χ2v) is 3.56. The molecule has 1 aromatic carbocycles. The lowest BCUT2D eigenvalue weighted by molar-refractivity contribution is -0.141. The number of ether oxygens (including phenoxy) is 1. The normalized spacial score (nSPS) is 9.29. The number of anilines is 1. The van der Waals surface area contributed by atoms with Gasteiger partial charge in [0.15, 0.2) is 0 Å². The Labute approximate surface area is 106 Å². The lowest BCUT2D eigenvalue weighted by atomic mass is 10.2. The predicted octanol–water partition coefficient (Wildman–Crippen LogP) is 2.42. The van der Waals surface area contributed by atoms with Gasteiger partial charge in [-0.3, -0.25) is 4.79 Å². The number of likely N-dealkylation sites (N-methyl/N-ethyl adjacent to an activating group) is 1. The SMILES string of the molecule is CCOC(=O)CN(C)c1ccc(N=C=S)cc1. The van der Waals surface area contributed by atoms with Gasteiger partial charge in [-0.25, -0.2) is 0 Å². The highest BCUT2D eigenvalue weighted by Crippen LogP contribution is 2.18. The van der Waals surface area contributed by atoms with E-state index in [-0.39, 0.29) is 12.5 Å². The van der Waals surface area contributed by atoms with Crippen LogP contribution >= 0.6 is 12.2 Å². The number of esters is 1. The minimum absolute atomic E-state index is 0.226. The van der Waals surface area contributed by atoms with E-state index in [0.717, 1.165) is 11.4 Å². The molecule has 0 aliphatic carbocycles. The largest absolute Gasteiger partial charge is 0.465 e. The third-order valence-corrected chi connectivity index (χ3v) is 2.23. The van der Waals surface area contributed by atoms with Crippen LogP contribution in [0.15, 0.2) is 29.3 Å². The van der Waals surface area contributed by atoms with Crippen molar-refractivity contribution in [2.75, 3.05) is 25.1 Å². The van der Waals surface area contributed by atoms with Gasteiger partial charge in [-0.05, 0) is 43.4 Å². The second-order valence-electron chi connectivity index (χ2n) is 3.38. The van der Waals surface area contributed by atoms with Crippen molar-refractivity contribution in [3.63, 3.8) is 0 Å². The summed E-state index contributed by atoms with van der Waals surface area (Å²) < 4.78 is 4.87. The van der Waals surface area contributed by atoms with Crippen molar-refractivity contribution in [2.45, 2.75) is 6.92 Å². The van der Waals surface area contributed by atoms with E-state index in [4.69, 9.17) is 4.74 Å². The number of hydrogen-bond donors (Lipinski definition) is 0. The molecule has 0 aromatic heterocycles. The molecule has 0 unspecified atom stereocenters. The second kappa shape index (κ2) is 6.78. The monoisotopic (exact) mass is 250 g/mol. The molecule has 4 nitrogen and oxygen atoms in total. The molecular weight excluding hydrogens is 236 g/mol. The van der Waals surface area contributed by atoms with Gasteiger partial charge in [0.2, 0.25) is 0 Å². The Morgan fingerprint density at radius 3 is 2.65 bits per heavy atom. The van der Waals surface area contributed by atoms with Crippen LogP contribution in [0.1, 0.15) is 6.92 Å². The van der Waals surface area contributed by atoms with E-state index in [9.17, 15) is 4.79 Å². The van der Waals surface area contributed by atoms with E-state index in [0.29, 0.717) is 6.61 Å². The van der Waals surface area contributed by atoms with E-state index in [1.807, 2.05) is 36.2 Å². The van der Waals surface area contributed by atoms with Gasteiger partial charge in [0.05, 0.1) is 17.5 Å². The number of hydrogen-bond acceptors (Lipinski definition) is 5. The van der Waals surface area contributed by atoms with Gasteiger partial charge >= 0.3 is 5.97 Å². The number of carbonyl (C=O) groups is 1. The average Bonchev–Trinajstić information content (AvgIpc) is 2.30. The van der Waals surface area contributed by atoms with Crippen LogP contribution in [0.25, 0.3) is 0 Å². The van der Waals surface area contributed by atoms with Crippen molar-refractivity contribution in [1.29, 1.82) is 0 Å². The molecule has 0 spiro atoms. The summed E-state index contributed by atoms with van der Waals surface area (Å²) in [5, 5.41) is 2.30. The van der Waals surface area contributed by atoms with Crippen LogP contribution in [0.2, 0.25) is 0 Å². The van der Waals surface area contributed by atoms with Crippen molar-refractivity contribution in [3.05, 3.63) is 24.3 Å². The average molecular weight is 250 g/mol. The first kappa shape index (κ1) is 13.4. The number of aliphatic imine (C=N–C) groups is 1. The smallest absolute Gasteiger partial charge is 0.325 e. The summed E-state index contributed by atoms with van der Waals surface area (Å²) in [7, 11) is 1.83. The fourth-order valence-corrected chi connectivity index (χ4v) is 1.43. The molecule has 0 amide bonds. The first-order chi connectivity index (χ1) is 8.17. The van der Waals surface area contributed by atoms with Crippen molar-refractivity contribution in [1.82, 2.24) is 0 Å². The molecule has 0 heterocycles. The molecular formula is C12H14N2O2S. The van der Waals surface area contributed by atoms with Crippen LogP contribution in [0, 0.1) is 0 Å². The van der Waals surface area contributed by atoms with Gasteiger partial charge in [0, 0.05) is 12.7 Å². The fraction of sp³-hybridized carbons (Fsp3) is 0.333. The van der Waals surface area contributed by atoms with Crippen molar-refractivity contribution >= 4 is 34.7 Å². The summed E-state index contributed by atoms with van der Waals surface area (Å²) in [6.07, 6.45) is 0. The zero-order valence-electron chi connectivity index (χ0n) is 9.84. The number of thiocarbonyl (C=S) groups is 1. The van der Waals surface area contributed by atoms with Crippen LogP contribution in [0.3, 0.4) is 0 Å². The summed E-state index contributed by atoms with van der Waals surface area (Å²) >= 11 is 4.52. The minimum atomic E-state index is -0.240. The predicted molar refractivity (Wildman–Crippen MR) is 71.0 cm³/mol. The molecule has 0 fully saturated rings. The van der Waals surface area contributed by atoms with Crippen LogP contribution in [0.5, 0.6) is 0 Å². The summed E-state index contributed by atoms with van der Waals surface area (Å²) in [5.74, 6) is -0.240. The maximum absolute atomic E-state index is 11.3. The third-order valence-electron chi connectivity index (χ3n) is 2.14. The van der Waals surface area contributed by atoms with E-state index >= 15 is 0 Å². The van der Waals surface area contributed by atoms with E-state index in [1.54, 1.807) is 6.92 Å². The highest BCUT2D eigenvalue weighted by atomic mass is 32.1. The standard InChI is InChI=1S/C12H14N2O2S/c1-3-16-12(15)8-14(2)11-6-4-10(5-7-11)13-9-17/h4-7H,3,8H2,1-2H3. The van der Waals surface area contributed by atoms with Crippen LogP contribution in [-0.4, -0.2) is 31.3 Å². The summed E-state index contributed by atoms with van der Waals surface area (Å²) in [6, 6.07) is 7.36. The molecule has 0 atom stereocenters. The van der Waals surface area contributed by atoms with E-state index in [1.165, 1.54) is 0 Å². The molecule has 0 saturated carbocycles. The van der Waals surface area contributed by atoms with Crippen molar-refractivity contribution in [2.24, 2.45) is 4.99 Å². The van der Waals surface area contributed by atoms with Gasteiger partial charge in [-0.1, -0.05) is 0 Å². The highest BCUT2D eigenvalue weighted by Gasteiger charge is 2.07. The van der Waals surface area contributed by atoms with Gasteiger partial charge in [0.1, 0.15) is 6.54 Å². The maximum atomic E-state index is 11.3. The van der Waals surface area contributed by atoms with Crippen LogP contribution < -0.4 is 4.90 Å². The van der Waals surface area contributed by atoms with Crippen molar-refractivity contribution < 1.29 is 9.53 Å². The molecule has 0 saturated heterocycles. The van der Waals surface area contributed by atoms with Gasteiger partial charge in [0.25, 0.3) is 0 Å². The highest BCUT2D eigenvalue weighted by molar-refractivity contribution is 7.78. The third kappa shape index (κ3) is 4.34. The molecule has 0 bridgehead atoms. The lowest BCUT2D eigenvalue weighted by Gasteiger charge is -2.17. The number of isothiocyanates is 1. The van der Waals surface area contributed by atoms with Gasteiger partial charge in [-0.15, -0.1) is 0 Å². The Hall–Kier alpha value is -1.71. The molecule has 0 aliphatic rings. The molecule has 1 aromatic rings. The molecule has 90 valence electrons. The zero-order chi connectivity index (χ0) is 12.7. The first-order valence-electron chi connectivity index (χ1n) is 5.22. The Morgan fingerprint density at radius 2 is 2.12 bits per heavy atom. The Kier molecular flexibility index (Phi) is 5.33. The molecule has 0 aliphatic heterocycles. The summed E-state index contributed by atoms with van der Waals surface area (Å²) in [5.41, 5.74) is 1.66. The van der Waals surface area contributed by atoms with Crippen LogP contribution in [-0.2, 0) is 9.53 Å². The number of rotatable bonds is 5.